The number of ether oxygens (including phenoxy) is 2. The zero-order chi connectivity index (χ0) is 15.5. The molecule has 1 fully saturated rings. The van der Waals surface area contributed by atoms with Gasteiger partial charge in [-0.2, -0.15) is 0 Å². The fourth-order valence-corrected chi connectivity index (χ4v) is 3.67. The van der Waals surface area contributed by atoms with Gasteiger partial charge in [0, 0.05) is 13.0 Å². The van der Waals surface area contributed by atoms with Crippen molar-refractivity contribution in [1.82, 2.24) is 4.72 Å². The van der Waals surface area contributed by atoms with E-state index in [4.69, 9.17) is 9.47 Å². The molecule has 0 unspecified atom stereocenters. The molecule has 21 heavy (non-hydrogen) atoms. The average Bonchev–Trinajstić information content (AvgIpc) is 2.42. The number of rotatable bonds is 5. The van der Waals surface area contributed by atoms with Crippen molar-refractivity contribution in [3.8, 4) is 0 Å². The Morgan fingerprint density at radius 3 is 2.57 bits per heavy atom. The second-order valence-corrected chi connectivity index (χ2v) is 7.34. The summed E-state index contributed by atoms with van der Waals surface area (Å²) in [5.41, 5.74) is 1.66. The van der Waals surface area contributed by atoms with Crippen LogP contribution in [0, 0.1) is 13.8 Å². The van der Waals surface area contributed by atoms with E-state index >= 15 is 0 Å². The summed E-state index contributed by atoms with van der Waals surface area (Å²) in [6, 6.07) is 5.41. The van der Waals surface area contributed by atoms with Gasteiger partial charge in [-0.3, -0.25) is 0 Å². The van der Waals surface area contributed by atoms with Crippen molar-refractivity contribution in [2.45, 2.75) is 44.3 Å². The number of benzene rings is 1. The van der Waals surface area contributed by atoms with Crippen molar-refractivity contribution in [2.75, 3.05) is 19.8 Å². The van der Waals surface area contributed by atoms with Crippen LogP contribution in [-0.4, -0.2) is 34.0 Å². The highest BCUT2D eigenvalue weighted by Crippen LogP contribution is 2.22. The minimum atomic E-state index is -3.50. The smallest absolute Gasteiger partial charge is 0.240 e. The Hall–Kier alpha value is -0.950. The zero-order valence-corrected chi connectivity index (χ0v) is 13.6. The lowest BCUT2D eigenvalue weighted by Crippen LogP contribution is -2.41. The molecule has 0 aromatic heterocycles. The third-order valence-electron chi connectivity index (χ3n) is 3.61. The molecule has 2 rings (SSSR count). The average molecular weight is 313 g/mol. The molecular formula is C15H23NO4S. The minimum Gasteiger partial charge on any atom is -0.350 e. The van der Waals surface area contributed by atoms with Crippen LogP contribution in [0.3, 0.4) is 0 Å². The van der Waals surface area contributed by atoms with Crippen molar-refractivity contribution >= 4 is 10.0 Å². The molecule has 1 heterocycles. The van der Waals surface area contributed by atoms with Gasteiger partial charge in [0.05, 0.1) is 18.1 Å². The monoisotopic (exact) mass is 313 g/mol. The molecule has 0 atom stereocenters. The molecule has 1 aromatic rings. The van der Waals surface area contributed by atoms with Crippen LogP contribution in [0.25, 0.3) is 0 Å². The normalized spacial score (nSPS) is 18.6. The van der Waals surface area contributed by atoms with Crippen LogP contribution >= 0.6 is 0 Å². The van der Waals surface area contributed by atoms with Gasteiger partial charge in [0.25, 0.3) is 0 Å². The van der Waals surface area contributed by atoms with Gasteiger partial charge >= 0.3 is 0 Å². The van der Waals surface area contributed by atoms with E-state index in [-0.39, 0.29) is 6.54 Å². The number of hydrogen-bond acceptors (Lipinski definition) is 4. The fraction of sp³-hybridized carbons (Fsp3) is 0.600. The molecule has 1 aromatic carbocycles. The quantitative estimate of drug-likeness (QED) is 0.904. The van der Waals surface area contributed by atoms with Gasteiger partial charge < -0.3 is 9.47 Å². The number of hydrogen-bond donors (Lipinski definition) is 1. The molecular weight excluding hydrogens is 290 g/mol. The van der Waals surface area contributed by atoms with Gasteiger partial charge in [0.2, 0.25) is 10.0 Å². The molecule has 1 aliphatic rings. The van der Waals surface area contributed by atoms with Crippen LogP contribution in [0.1, 0.15) is 30.9 Å². The van der Waals surface area contributed by atoms with Gasteiger partial charge in [0.15, 0.2) is 5.79 Å². The van der Waals surface area contributed by atoms with E-state index in [9.17, 15) is 8.42 Å². The number of nitrogens with one attached hydrogen (secondary N) is 1. The number of sulfonamides is 1. The maximum Gasteiger partial charge on any atom is 0.240 e. The molecule has 0 radical (unpaired) electrons. The van der Waals surface area contributed by atoms with E-state index < -0.39 is 15.8 Å². The van der Waals surface area contributed by atoms with Gasteiger partial charge in [0.1, 0.15) is 0 Å². The van der Waals surface area contributed by atoms with E-state index in [2.05, 4.69) is 4.72 Å². The van der Waals surface area contributed by atoms with Gasteiger partial charge in [-0.25, -0.2) is 13.1 Å². The van der Waals surface area contributed by atoms with Crippen LogP contribution in [0.2, 0.25) is 0 Å². The first-order valence-electron chi connectivity index (χ1n) is 7.17. The summed E-state index contributed by atoms with van der Waals surface area (Å²) in [7, 11) is -3.50. The minimum absolute atomic E-state index is 0.284. The van der Waals surface area contributed by atoms with Crippen molar-refractivity contribution in [3.05, 3.63) is 29.3 Å². The lowest BCUT2D eigenvalue weighted by atomic mass is 10.2. The lowest BCUT2D eigenvalue weighted by molar-refractivity contribution is -0.257. The Kier molecular flexibility index (Phi) is 5.03. The maximum absolute atomic E-state index is 12.4. The Morgan fingerprint density at radius 1 is 1.24 bits per heavy atom. The van der Waals surface area contributed by atoms with Crippen molar-refractivity contribution in [1.29, 1.82) is 0 Å². The molecule has 1 aliphatic heterocycles. The molecule has 0 saturated carbocycles. The third kappa shape index (κ3) is 4.26. The zero-order valence-electron chi connectivity index (χ0n) is 12.8. The summed E-state index contributed by atoms with van der Waals surface area (Å²) in [4.78, 5) is 0.332. The standard InChI is InChI=1S/C15H23NO4S/c1-12-5-6-13(2)14(11-12)21(17,18)16-8-7-15(3)19-9-4-10-20-15/h5-6,11,16H,4,7-10H2,1-3H3. The summed E-state index contributed by atoms with van der Waals surface area (Å²) in [5.74, 6) is -0.692. The highest BCUT2D eigenvalue weighted by molar-refractivity contribution is 7.89. The largest absolute Gasteiger partial charge is 0.350 e. The van der Waals surface area contributed by atoms with Crippen LogP contribution in [0.5, 0.6) is 0 Å². The molecule has 0 amide bonds. The molecule has 1 saturated heterocycles. The third-order valence-corrected chi connectivity index (χ3v) is 5.21. The highest BCUT2D eigenvalue weighted by atomic mass is 32.2. The Labute approximate surface area is 126 Å². The van der Waals surface area contributed by atoms with Crippen molar-refractivity contribution in [3.63, 3.8) is 0 Å². The van der Waals surface area contributed by atoms with E-state index in [0.29, 0.717) is 24.5 Å². The summed E-state index contributed by atoms with van der Waals surface area (Å²) in [6.07, 6.45) is 1.36. The second kappa shape index (κ2) is 6.44. The molecule has 118 valence electrons. The molecule has 0 aliphatic carbocycles. The Balaban J connectivity index is 2.00. The van der Waals surface area contributed by atoms with Crippen molar-refractivity contribution < 1.29 is 17.9 Å². The molecule has 1 N–H and O–H groups in total. The first-order chi connectivity index (χ1) is 9.82. The number of aryl methyl sites for hydroxylation is 2. The van der Waals surface area contributed by atoms with Gasteiger partial charge in [-0.1, -0.05) is 12.1 Å². The molecule has 6 heteroatoms. The second-order valence-electron chi connectivity index (χ2n) is 5.60. The van der Waals surface area contributed by atoms with E-state index in [1.165, 1.54) is 0 Å². The molecule has 0 bridgehead atoms. The van der Waals surface area contributed by atoms with E-state index in [1.807, 2.05) is 26.0 Å². The fourth-order valence-electron chi connectivity index (χ4n) is 2.31. The topological polar surface area (TPSA) is 64.6 Å². The van der Waals surface area contributed by atoms with Crippen LogP contribution in [0.4, 0.5) is 0 Å². The molecule has 5 nitrogen and oxygen atoms in total. The van der Waals surface area contributed by atoms with Crippen LogP contribution in [0.15, 0.2) is 23.1 Å². The van der Waals surface area contributed by atoms with Crippen LogP contribution < -0.4 is 4.72 Å². The maximum atomic E-state index is 12.4. The SMILES string of the molecule is Cc1ccc(C)c(S(=O)(=O)NCCC2(C)OCCCO2)c1. The first kappa shape index (κ1) is 16.4. The van der Waals surface area contributed by atoms with Crippen LogP contribution in [-0.2, 0) is 19.5 Å². The van der Waals surface area contributed by atoms with Crippen molar-refractivity contribution in [2.24, 2.45) is 0 Å². The highest BCUT2D eigenvalue weighted by Gasteiger charge is 2.29. The lowest BCUT2D eigenvalue weighted by Gasteiger charge is -2.33. The van der Waals surface area contributed by atoms with Gasteiger partial charge in [-0.15, -0.1) is 0 Å². The molecule has 0 spiro atoms. The van der Waals surface area contributed by atoms with E-state index in [0.717, 1.165) is 17.5 Å². The van der Waals surface area contributed by atoms with E-state index in [1.54, 1.807) is 13.0 Å². The summed E-state index contributed by atoms with van der Waals surface area (Å²) < 4.78 is 38.5. The first-order valence-corrected chi connectivity index (χ1v) is 8.66. The predicted molar refractivity (Wildman–Crippen MR) is 80.6 cm³/mol. The summed E-state index contributed by atoms with van der Waals surface area (Å²) in [6.45, 7) is 7.11. The Morgan fingerprint density at radius 2 is 1.90 bits per heavy atom. The van der Waals surface area contributed by atoms with Gasteiger partial charge in [-0.05, 0) is 44.4 Å². The summed E-state index contributed by atoms with van der Waals surface area (Å²) >= 11 is 0. The predicted octanol–water partition coefficient (Wildman–Crippen LogP) is 2.12. The summed E-state index contributed by atoms with van der Waals surface area (Å²) in [5, 5.41) is 0. The Bertz CT molecular complexity index is 592.